The van der Waals surface area contributed by atoms with E-state index in [4.69, 9.17) is 80.3 Å². The van der Waals surface area contributed by atoms with Crippen LogP contribution in [0.3, 0.4) is 0 Å². The number of guanidine groups is 5. The number of amides is 12. The number of nitrogens with zero attached hydrogens (tertiary/aromatic N) is 6. The lowest BCUT2D eigenvalue weighted by Crippen LogP contribution is -2.60. The van der Waals surface area contributed by atoms with E-state index >= 15 is 0 Å². The number of aliphatic imine (C=N–C) groups is 5. The van der Waals surface area contributed by atoms with Gasteiger partial charge >= 0.3 is 5.97 Å². The van der Waals surface area contributed by atoms with Gasteiger partial charge in [-0.1, -0.05) is 6.92 Å². The van der Waals surface area contributed by atoms with Crippen LogP contribution in [0.5, 0.6) is 0 Å². The molecule has 1 fully saturated rings. The molecule has 12 amide bonds. The van der Waals surface area contributed by atoms with E-state index in [2.05, 4.69) is 78.1 Å². The topological polar surface area (TPSA) is 812 Å². The molecule has 0 radical (unpaired) electrons. The third-order valence-electron chi connectivity index (χ3n) is 16.5. The van der Waals surface area contributed by atoms with E-state index in [1.807, 2.05) is 0 Å². The van der Waals surface area contributed by atoms with Gasteiger partial charge in [0, 0.05) is 45.7 Å². The summed E-state index contributed by atoms with van der Waals surface area (Å²) >= 11 is 0. The lowest BCUT2D eigenvalue weighted by Gasteiger charge is -2.29. The molecule has 0 aromatic carbocycles. The van der Waals surface area contributed by atoms with Crippen LogP contribution in [0.15, 0.2) is 25.0 Å². The number of carboxylic acid groups (broad SMARTS) is 1. The molecule has 1 aliphatic heterocycles. The maximum Gasteiger partial charge on any atom is 0.322 e. The molecule has 0 spiro atoms. The fourth-order valence-corrected chi connectivity index (χ4v) is 10.7. The molecule has 107 heavy (non-hydrogen) atoms. The van der Waals surface area contributed by atoms with Crippen molar-refractivity contribution in [1.29, 1.82) is 0 Å². The summed E-state index contributed by atoms with van der Waals surface area (Å²) in [5, 5.41) is 45.0. The van der Waals surface area contributed by atoms with Gasteiger partial charge in [0.2, 0.25) is 70.9 Å². The average molecular weight is 1520 g/mol. The lowest BCUT2D eigenvalue weighted by atomic mass is 10.0. The average Bonchev–Trinajstić information content (AvgIpc) is 1.73. The Morgan fingerprint density at radius 3 is 0.963 bits per heavy atom. The molecule has 1 saturated heterocycles. The largest absolute Gasteiger partial charge is 0.480 e. The number of likely N-dealkylation sites (tertiary alicyclic amines) is 1. The quantitative estimate of drug-likeness (QED) is 0.0153. The molecule has 0 saturated carbocycles. The zero-order chi connectivity index (χ0) is 80.7. The number of aliphatic carboxylic acids is 1. The van der Waals surface area contributed by atoms with Crippen molar-refractivity contribution < 1.29 is 72.5 Å². The highest BCUT2D eigenvalue weighted by Crippen LogP contribution is 2.20. The Kier molecular flexibility index (Phi) is 46.1. The van der Waals surface area contributed by atoms with Gasteiger partial charge in [0.05, 0.1) is 6.10 Å². The van der Waals surface area contributed by atoms with Crippen LogP contribution in [-0.2, 0) is 62.3 Å². The van der Waals surface area contributed by atoms with E-state index in [1.165, 1.54) is 18.7 Å². The molecule has 0 aliphatic carbocycles. The van der Waals surface area contributed by atoms with E-state index in [0.717, 1.165) is 0 Å². The van der Waals surface area contributed by atoms with Crippen molar-refractivity contribution in [3.05, 3.63) is 0 Å². The number of nitrogens with two attached hydrogens (primary N) is 14. The molecule has 0 aromatic rings. The minimum Gasteiger partial charge on any atom is -0.480 e. The zero-order valence-electron chi connectivity index (χ0n) is 61.1. The number of carbonyl (C=O) groups is 13. The lowest BCUT2D eigenvalue weighted by molar-refractivity contribution is -0.142. The van der Waals surface area contributed by atoms with Crippen molar-refractivity contribution in [2.75, 3.05) is 58.9 Å². The van der Waals surface area contributed by atoms with Crippen molar-refractivity contribution >= 4 is 107 Å². The van der Waals surface area contributed by atoms with Crippen molar-refractivity contribution in [2.45, 2.75) is 221 Å². The van der Waals surface area contributed by atoms with E-state index in [0.29, 0.717) is 19.3 Å². The monoisotopic (exact) mass is 1520 g/mol. The molecular formula is C62H118N30O15. The number of nitrogens with one attached hydrogen (secondary N) is 10. The SMILES string of the molecule is CC[C@H](NC(=O)[C@H](CCCN=C(N)N)NC(=O)[C@H](CCC(N)=O)NC(=O)[C@@H]1CCCN1C(=O)[C@@H](N)[C@@H](C)O)C(=O)N[C@@H](CCCN=C(N)N)C(=O)N[C@@H](CCCN=C(N)N)C(=O)N[C@@H](CCCN=C(N)N)C(=O)N[C@@H](CCCCN)C(=O)N[C@@H](CCCCN)C(=O)N[C@@H](CCCN=C(N)N)C(=O)NCC(=O)O. The number of hydrogen-bond donors (Lipinski definition) is 26. The number of carbonyl (C=O) groups excluding carboxylic acids is 12. The third kappa shape index (κ3) is 39.8. The smallest absolute Gasteiger partial charge is 0.322 e. The predicted octanol–water partition coefficient (Wildman–Crippen LogP) is -11.5. The van der Waals surface area contributed by atoms with Gasteiger partial charge in [-0.05, 0) is 148 Å². The molecule has 1 rings (SSSR count). The van der Waals surface area contributed by atoms with Crippen LogP contribution in [0.4, 0.5) is 0 Å². The first-order chi connectivity index (χ1) is 50.6. The predicted molar refractivity (Wildman–Crippen MR) is 396 cm³/mol. The Hall–Kier alpha value is -10.7. The second kappa shape index (κ2) is 52.3. The molecule has 1 heterocycles. The molecule has 45 nitrogen and oxygen atoms in total. The van der Waals surface area contributed by atoms with Gasteiger partial charge in [0.1, 0.15) is 73.0 Å². The van der Waals surface area contributed by atoms with E-state index < -0.39 is 162 Å². The molecule has 606 valence electrons. The summed E-state index contributed by atoms with van der Waals surface area (Å²) in [6.07, 6.45) is -1.12. The van der Waals surface area contributed by atoms with Crippen LogP contribution in [0.1, 0.15) is 149 Å². The summed E-state index contributed by atoms with van der Waals surface area (Å²) in [6, 6.07) is -15.8. The van der Waals surface area contributed by atoms with Crippen molar-refractivity contribution in [1.82, 2.24) is 58.1 Å². The van der Waals surface area contributed by atoms with Crippen LogP contribution >= 0.6 is 0 Å². The number of unbranched alkanes of at least 4 members (excludes halogenated alkanes) is 2. The highest BCUT2D eigenvalue weighted by molar-refractivity contribution is 5.99. The van der Waals surface area contributed by atoms with Gasteiger partial charge in [0.15, 0.2) is 29.8 Å². The first-order valence-corrected chi connectivity index (χ1v) is 35.5. The molecular weight excluding hydrogens is 1400 g/mol. The van der Waals surface area contributed by atoms with Crippen LogP contribution in [0.25, 0.3) is 0 Å². The number of aliphatic hydroxyl groups excluding tert-OH is 1. The minimum absolute atomic E-state index is 0.0141. The van der Waals surface area contributed by atoms with E-state index in [-0.39, 0.29) is 191 Å². The highest BCUT2D eigenvalue weighted by atomic mass is 16.4. The standard InChI is InChI=1S/C62H118N30O15/c1-3-34(83-49(99)38(17-9-27-78-59(69)70)90-55(105)42(22-23-44(65)94)91-56(106)43-21-13-31-92(43)57(107)46(66)33(2)93)48(98)85-39(18-10-28-79-60(71)72)52(102)88-41(20-12-30-81-62(75)76)54(104)89-40(19-11-29-80-61(73)74)53(103)87-37(15-5-7-25-64)51(101)86-36(14-4-6-24-63)50(100)84-35(16-8-26-77-58(67)68)47(97)82-32-45(95)96/h33-43,46,93H,3-32,63-64,66H2,1-2H3,(H2,65,94)(H,82,97)(H,83,99)(H,84,100)(H,85,98)(H,86,101)(H,87,103)(H,88,102)(H,89,104)(H,90,105)(H,91,106)(H,95,96)(H4,67,68,77)(H4,69,70,78)(H4,71,72,79)(H4,73,74,80)(H4,75,76,81)/t33-,34+,35+,36+,37+,38+,39+,40+,41+,42+,43+,46+/m1/s1. The summed E-state index contributed by atoms with van der Waals surface area (Å²) in [7, 11) is 0. The molecule has 0 unspecified atom stereocenters. The zero-order valence-corrected chi connectivity index (χ0v) is 61.1. The third-order valence-corrected chi connectivity index (χ3v) is 16.5. The second-order valence-electron chi connectivity index (χ2n) is 25.3. The number of aliphatic hydroxyl groups is 1. The van der Waals surface area contributed by atoms with Gasteiger partial charge in [-0.2, -0.15) is 0 Å². The number of rotatable bonds is 55. The van der Waals surface area contributed by atoms with Crippen LogP contribution in [-0.4, -0.2) is 253 Å². The summed E-state index contributed by atoms with van der Waals surface area (Å²) in [5.41, 5.74) is 78.5. The molecule has 45 heteroatoms. The number of primary amides is 1. The summed E-state index contributed by atoms with van der Waals surface area (Å²) in [4.78, 5) is 201. The molecule has 0 aromatic heterocycles. The maximum absolute atomic E-state index is 14.8. The Bertz CT molecular complexity index is 3050. The Balaban J connectivity index is 3.88. The van der Waals surface area contributed by atoms with Gasteiger partial charge in [0.25, 0.3) is 0 Å². The fourth-order valence-electron chi connectivity index (χ4n) is 10.7. The molecule has 0 bridgehead atoms. The maximum atomic E-state index is 14.8. The summed E-state index contributed by atoms with van der Waals surface area (Å²) in [6.45, 7) is 2.29. The molecule has 1 aliphatic rings. The first-order valence-electron chi connectivity index (χ1n) is 35.5. The fraction of sp³-hybridized carbons (Fsp3) is 0.710. The van der Waals surface area contributed by atoms with Crippen LogP contribution < -0.4 is 133 Å². The van der Waals surface area contributed by atoms with E-state index in [1.54, 1.807) is 0 Å². The van der Waals surface area contributed by atoms with Gasteiger partial charge in [-0.25, -0.2) is 0 Å². The normalized spacial score (nSPS) is 15.4. The second-order valence-corrected chi connectivity index (χ2v) is 25.3. The Morgan fingerprint density at radius 2 is 0.692 bits per heavy atom. The van der Waals surface area contributed by atoms with Gasteiger partial charge in [-0.3, -0.25) is 87.3 Å². The highest BCUT2D eigenvalue weighted by Gasteiger charge is 2.40. The number of hydrogen-bond acceptors (Lipinski definition) is 22. The van der Waals surface area contributed by atoms with Crippen molar-refractivity contribution in [3.8, 4) is 0 Å². The minimum atomic E-state index is -1.56. The molecule has 12 atom stereocenters. The molecule has 40 N–H and O–H groups in total. The van der Waals surface area contributed by atoms with Gasteiger partial charge < -0.3 is 149 Å². The Labute approximate surface area is 620 Å². The Morgan fingerprint density at radius 1 is 0.411 bits per heavy atom. The number of carboxylic acids is 1. The van der Waals surface area contributed by atoms with E-state index in [9.17, 15) is 72.5 Å². The van der Waals surface area contributed by atoms with Crippen molar-refractivity contribution in [2.24, 2.45) is 105 Å². The summed E-state index contributed by atoms with van der Waals surface area (Å²) < 4.78 is 0. The van der Waals surface area contributed by atoms with Crippen LogP contribution in [0.2, 0.25) is 0 Å². The van der Waals surface area contributed by atoms with Crippen LogP contribution in [0, 0.1) is 0 Å². The summed E-state index contributed by atoms with van der Waals surface area (Å²) in [5.74, 6) is -13.6. The van der Waals surface area contributed by atoms with Gasteiger partial charge in [-0.15, -0.1) is 0 Å². The first kappa shape index (κ1) is 94.3. The van der Waals surface area contributed by atoms with Crippen molar-refractivity contribution in [3.63, 3.8) is 0 Å².